The lowest BCUT2D eigenvalue weighted by molar-refractivity contribution is 0.0533. The van der Waals surface area contributed by atoms with Gasteiger partial charge in [0, 0.05) is 16.6 Å². The van der Waals surface area contributed by atoms with E-state index < -0.39 is 11.7 Å². The molecule has 0 saturated heterocycles. The Labute approximate surface area is 131 Å². The zero-order chi connectivity index (χ0) is 16.1. The number of ether oxygens (including phenoxy) is 1. The molecule has 0 spiro atoms. The highest BCUT2D eigenvalue weighted by Crippen LogP contribution is 2.22. The summed E-state index contributed by atoms with van der Waals surface area (Å²) in [5.74, 6) is 0. The molecule has 0 rings (SSSR count). The van der Waals surface area contributed by atoms with Crippen LogP contribution in [0, 0.1) is 0 Å². The molecule has 0 saturated carbocycles. The van der Waals surface area contributed by atoms with Crippen LogP contribution in [0.5, 0.6) is 0 Å². The van der Waals surface area contributed by atoms with Gasteiger partial charge in [0.15, 0.2) is 0 Å². The molecule has 0 heterocycles. The number of nitrogens with zero attached hydrogens (tertiary/aromatic N) is 1. The van der Waals surface area contributed by atoms with E-state index in [9.17, 15) is 4.79 Å². The molecule has 0 aliphatic rings. The zero-order valence-corrected chi connectivity index (χ0v) is 15.2. The SMILES string of the molecule is C=C(CNC(=O)OC(C)(C)C)/C(Br)=C\C(C)(C)N(C)C. The van der Waals surface area contributed by atoms with Crippen LogP contribution in [0.4, 0.5) is 4.79 Å². The second kappa shape index (κ2) is 7.27. The van der Waals surface area contributed by atoms with Gasteiger partial charge in [-0.25, -0.2) is 4.79 Å². The Morgan fingerprint density at radius 2 is 1.80 bits per heavy atom. The van der Waals surface area contributed by atoms with Gasteiger partial charge in [0.2, 0.25) is 0 Å². The zero-order valence-electron chi connectivity index (χ0n) is 13.6. The van der Waals surface area contributed by atoms with Crippen LogP contribution in [0.15, 0.2) is 22.7 Å². The Kier molecular flexibility index (Phi) is 6.98. The van der Waals surface area contributed by atoms with Gasteiger partial charge in [-0.3, -0.25) is 0 Å². The Morgan fingerprint density at radius 1 is 1.30 bits per heavy atom. The predicted molar refractivity (Wildman–Crippen MR) is 88.2 cm³/mol. The second-order valence-electron chi connectivity index (χ2n) is 6.50. The normalized spacial score (nSPS) is 13.3. The van der Waals surface area contributed by atoms with Crippen LogP contribution in [0.25, 0.3) is 0 Å². The molecule has 116 valence electrons. The van der Waals surface area contributed by atoms with E-state index in [0.717, 1.165) is 10.1 Å². The van der Waals surface area contributed by atoms with Crippen molar-refractivity contribution in [3.8, 4) is 0 Å². The highest BCUT2D eigenvalue weighted by Gasteiger charge is 2.19. The predicted octanol–water partition coefficient (Wildman–Crippen LogP) is 3.69. The summed E-state index contributed by atoms with van der Waals surface area (Å²) in [6.45, 7) is 14.0. The number of amides is 1. The van der Waals surface area contributed by atoms with Crippen LogP contribution < -0.4 is 5.32 Å². The van der Waals surface area contributed by atoms with E-state index in [-0.39, 0.29) is 5.54 Å². The quantitative estimate of drug-likeness (QED) is 0.772. The molecular weight excluding hydrogens is 320 g/mol. The lowest BCUT2D eigenvalue weighted by Gasteiger charge is -2.30. The third-order valence-electron chi connectivity index (χ3n) is 2.82. The summed E-state index contributed by atoms with van der Waals surface area (Å²) < 4.78 is 6.05. The van der Waals surface area contributed by atoms with Crippen molar-refractivity contribution < 1.29 is 9.53 Å². The largest absolute Gasteiger partial charge is 0.444 e. The van der Waals surface area contributed by atoms with E-state index in [0.29, 0.717) is 6.54 Å². The molecule has 0 fully saturated rings. The van der Waals surface area contributed by atoms with Gasteiger partial charge in [-0.1, -0.05) is 28.6 Å². The summed E-state index contributed by atoms with van der Waals surface area (Å²) in [5.41, 5.74) is 0.199. The van der Waals surface area contributed by atoms with Gasteiger partial charge in [-0.2, -0.15) is 0 Å². The van der Waals surface area contributed by atoms with Crippen molar-refractivity contribution in [2.24, 2.45) is 0 Å². The van der Waals surface area contributed by atoms with Crippen molar-refractivity contribution >= 4 is 22.0 Å². The standard InChI is InChI=1S/C15H27BrN2O2/c1-11(10-17-13(19)20-14(2,3)4)12(16)9-15(5,6)18(7)8/h9H,1,10H2,2-8H3,(H,17,19)/b12-9+. The Balaban J connectivity index is 4.49. The van der Waals surface area contributed by atoms with Crippen molar-refractivity contribution in [2.45, 2.75) is 45.8 Å². The van der Waals surface area contributed by atoms with Gasteiger partial charge < -0.3 is 15.0 Å². The summed E-state index contributed by atoms with van der Waals surface area (Å²) in [7, 11) is 4.02. The molecule has 0 unspecified atom stereocenters. The summed E-state index contributed by atoms with van der Waals surface area (Å²) in [5, 5.41) is 2.69. The van der Waals surface area contributed by atoms with E-state index in [1.165, 1.54) is 0 Å². The molecular formula is C15H27BrN2O2. The topological polar surface area (TPSA) is 41.6 Å². The number of alkyl carbamates (subject to hydrolysis) is 1. The Bertz CT molecular complexity index is 393. The van der Waals surface area contributed by atoms with Crippen LogP contribution in [0.1, 0.15) is 34.6 Å². The molecule has 0 atom stereocenters. The van der Waals surface area contributed by atoms with Gasteiger partial charge in [-0.15, -0.1) is 0 Å². The third kappa shape index (κ3) is 7.70. The first kappa shape index (κ1) is 19.2. The lowest BCUT2D eigenvalue weighted by Crippen LogP contribution is -2.36. The molecule has 20 heavy (non-hydrogen) atoms. The number of rotatable bonds is 5. The van der Waals surface area contributed by atoms with E-state index in [2.05, 4.69) is 52.6 Å². The molecule has 4 nitrogen and oxygen atoms in total. The lowest BCUT2D eigenvalue weighted by atomic mass is 10.0. The highest BCUT2D eigenvalue weighted by atomic mass is 79.9. The van der Waals surface area contributed by atoms with Gasteiger partial charge in [0.1, 0.15) is 5.60 Å². The van der Waals surface area contributed by atoms with E-state index in [1.54, 1.807) is 0 Å². The van der Waals surface area contributed by atoms with Crippen molar-refractivity contribution in [2.75, 3.05) is 20.6 Å². The van der Waals surface area contributed by atoms with Crippen LogP contribution in [-0.4, -0.2) is 42.8 Å². The first-order valence-electron chi connectivity index (χ1n) is 6.56. The number of hydrogen-bond donors (Lipinski definition) is 1. The molecule has 0 bridgehead atoms. The molecule has 1 N–H and O–H groups in total. The summed E-state index contributed by atoms with van der Waals surface area (Å²) in [6.07, 6.45) is 1.62. The Hall–Kier alpha value is -0.810. The number of carbonyl (C=O) groups is 1. The number of halogens is 1. The van der Waals surface area contributed by atoms with Crippen LogP contribution in [0.2, 0.25) is 0 Å². The summed E-state index contributed by atoms with van der Waals surface area (Å²) >= 11 is 3.50. The number of hydrogen-bond acceptors (Lipinski definition) is 3. The summed E-state index contributed by atoms with van der Waals surface area (Å²) in [4.78, 5) is 13.7. The van der Waals surface area contributed by atoms with Gasteiger partial charge in [-0.05, 0) is 54.3 Å². The van der Waals surface area contributed by atoms with E-state index in [1.807, 2.05) is 34.9 Å². The van der Waals surface area contributed by atoms with Crippen molar-refractivity contribution in [1.29, 1.82) is 0 Å². The minimum absolute atomic E-state index is 0.103. The molecule has 0 radical (unpaired) electrons. The first-order valence-corrected chi connectivity index (χ1v) is 7.35. The maximum absolute atomic E-state index is 11.6. The molecule has 0 aliphatic carbocycles. The van der Waals surface area contributed by atoms with Gasteiger partial charge in [0.25, 0.3) is 0 Å². The molecule has 0 aliphatic heterocycles. The number of nitrogens with one attached hydrogen (secondary N) is 1. The molecule has 5 heteroatoms. The fraction of sp³-hybridized carbons (Fsp3) is 0.667. The van der Waals surface area contributed by atoms with Crippen LogP contribution >= 0.6 is 15.9 Å². The van der Waals surface area contributed by atoms with Crippen molar-refractivity contribution in [3.05, 3.63) is 22.7 Å². The van der Waals surface area contributed by atoms with E-state index in [4.69, 9.17) is 4.74 Å². The maximum atomic E-state index is 11.6. The third-order valence-corrected chi connectivity index (χ3v) is 3.60. The molecule has 0 aromatic heterocycles. The maximum Gasteiger partial charge on any atom is 0.407 e. The number of likely N-dealkylation sites (N-methyl/N-ethyl adjacent to an activating group) is 1. The Morgan fingerprint density at radius 3 is 2.20 bits per heavy atom. The molecule has 0 aromatic carbocycles. The minimum Gasteiger partial charge on any atom is -0.444 e. The number of carbonyl (C=O) groups excluding carboxylic acids is 1. The monoisotopic (exact) mass is 346 g/mol. The average molecular weight is 347 g/mol. The van der Waals surface area contributed by atoms with Crippen LogP contribution in [-0.2, 0) is 4.74 Å². The highest BCUT2D eigenvalue weighted by molar-refractivity contribution is 9.12. The van der Waals surface area contributed by atoms with Gasteiger partial charge in [0.05, 0.1) is 0 Å². The van der Waals surface area contributed by atoms with E-state index >= 15 is 0 Å². The molecule has 1 amide bonds. The summed E-state index contributed by atoms with van der Waals surface area (Å²) in [6, 6.07) is 0. The van der Waals surface area contributed by atoms with Crippen molar-refractivity contribution in [1.82, 2.24) is 10.2 Å². The van der Waals surface area contributed by atoms with Crippen LogP contribution in [0.3, 0.4) is 0 Å². The molecule has 0 aromatic rings. The minimum atomic E-state index is -0.495. The van der Waals surface area contributed by atoms with Gasteiger partial charge >= 0.3 is 6.09 Å². The fourth-order valence-electron chi connectivity index (χ4n) is 1.12. The fourth-order valence-corrected chi connectivity index (χ4v) is 1.82. The second-order valence-corrected chi connectivity index (χ2v) is 7.35. The average Bonchev–Trinajstić information content (AvgIpc) is 2.22. The van der Waals surface area contributed by atoms with Crippen molar-refractivity contribution in [3.63, 3.8) is 0 Å². The first-order chi connectivity index (χ1) is 8.85. The smallest absolute Gasteiger partial charge is 0.407 e.